The molecule has 3 aromatic heterocycles. The molecule has 1 aliphatic carbocycles. The summed E-state index contributed by atoms with van der Waals surface area (Å²) in [5.74, 6) is -0.0984. The maximum atomic E-state index is 15.9. The van der Waals surface area contributed by atoms with Crippen molar-refractivity contribution in [2.75, 3.05) is 14.1 Å². The van der Waals surface area contributed by atoms with Crippen LogP contribution in [0.15, 0.2) is 35.3 Å². The molecule has 11 heteroatoms. The first-order chi connectivity index (χ1) is 18.2. The second kappa shape index (κ2) is 10.3. The van der Waals surface area contributed by atoms with Crippen LogP contribution in [0.25, 0.3) is 22.3 Å². The number of halogens is 1. The minimum absolute atomic E-state index is 0.0528. The van der Waals surface area contributed by atoms with Crippen molar-refractivity contribution in [1.82, 2.24) is 35.3 Å². The molecule has 1 saturated carbocycles. The molecular formula is C27H30FN7O3. The first kappa shape index (κ1) is 25.5. The van der Waals surface area contributed by atoms with Gasteiger partial charge in [-0.2, -0.15) is 0 Å². The van der Waals surface area contributed by atoms with Crippen LogP contribution in [0.4, 0.5) is 4.39 Å². The Labute approximate surface area is 219 Å². The molecule has 4 aromatic rings. The van der Waals surface area contributed by atoms with E-state index in [1.807, 2.05) is 0 Å². The molecule has 3 heterocycles. The van der Waals surface area contributed by atoms with Gasteiger partial charge in [-0.1, -0.05) is 24.9 Å². The van der Waals surface area contributed by atoms with Gasteiger partial charge in [0.1, 0.15) is 28.9 Å². The van der Waals surface area contributed by atoms with Crippen LogP contribution in [0.5, 0.6) is 0 Å². The number of aromatic amines is 1. The number of carbonyl (C=O) groups is 2. The van der Waals surface area contributed by atoms with Gasteiger partial charge < -0.3 is 19.7 Å². The number of aromatic nitrogens is 5. The summed E-state index contributed by atoms with van der Waals surface area (Å²) >= 11 is 0. The Balaban J connectivity index is 1.55. The zero-order valence-corrected chi connectivity index (χ0v) is 21.8. The van der Waals surface area contributed by atoms with Crippen molar-refractivity contribution in [3.63, 3.8) is 0 Å². The van der Waals surface area contributed by atoms with Crippen LogP contribution < -0.4 is 5.32 Å². The summed E-state index contributed by atoms with van der Waals surface area (Å²) < 4.78 is 20.9. The average Bonchev–Trinajstić information content (AvgIpc) is 3.54. The molecule has 198 valence electrons. The van der Waals surface area contributed by atoms with E-state index in [1.165, 1.54) is 23.6 Å². The monoisotopic (exact) mass is 519 g/mol. The van der Waals surface area contributed by atoms with Gasteiger partial charge in [0.05, 0.1) is 17.3 Å². The number of nitrogens with zero attached hydrogens (tertiary/aromatic N) is 5. The smallest absolute Gasteiger partial charge is 0.274 e. The number of aryl methyl sites for hydroxylation is 1. The first-order valence-corrected chi connectivity index (χ1v) is 12.7. The second-order valence-corrected chi connectivity index (χ2v) is 10.2. The molecule has 1 aliphatic rings. The molecule has 38 heavy (non-hydrogen) atoms. The molecule has 2 amide bonds. The van der Waals surface area contributed by atoms with Gasteiger partial charge in [-0.15, -0.1) is 0 Å². The number of hydrogen-bond acceptors (Lipinski definition) is 7. The van der Waals surface area contributed by atoms with Crippen LogP contribution in [0.3, 0.4) is 0 Å². The minimum Gasteiger partial charge on any atom is -0.364 e. The van der Waals surface area contributed by atoms with Crippen LogP contribution in [0, 0.1) is 24.6 Å². The number of H-pyrrole nitrogens is 1. The van der Waals surface area contributed by atoms with E-state index in [9.17, 15) is 9.59 Å². The van der Waals surface area contributed by atoms with Gasteiger partial charge in [-0.3, -0.25) is 14.6 Å². The normalized spacial score (nSPS) is 18.3. The zero-order chi connectivity index (χ0) is 27.0. The maximum absolute atomic E-state index is 15.9. The molecular weight excluding hydrogens is 489 g/mol. The number of imidazole rings is 1. The number of hydrogen-bond donors (Lipinski definition) is 2. The molecule has 0 bridgehead atoms. The van der Waals surface area contributed by atoms with Crippen LogP contribution in [0.1, 0.15) is 71.0 Å². The summed E-state index contributed by atoms with van der Waals surface area (Å²) in [5.41, 5.74) is 1.75. The van der Waals surface area contributed by atoms with E-state index in [1.54, 1.807) is 33.2 Å². The second-order valence-electron chi connectivity index (χ2n) is 10.2. The molecule has 2 N–H and O–H groups in total. The fourth-order valence-electron chi connectivity index (χ4n) is 5.05. The molecule has 0 aliphatic heterocycles. The van der Waals surface area contributed by atoms with Crippen molar-refractivity contribution in [2.45, 2.75) is 45.6 Å². The maximum Gasteiger partial charge on any atom is 0.274 e. The average molecular weight is 520 g/mol. The lowest BCUT2D eigenvalue weighted by atomic mass is 9.79. The molecule has 0 saturated heterocycles. The first-order valence-electron chi connectivity index (χ1n) is 12.7. The van der Waals surface area contributed by atoms with Crippen molar-refractivity contribution in [3.05, 3.63) is 59.4 Å². The number of amides is 2. The predicted octanol–water partition coefficient (Wildman–Crippen LogP) is 4.45. The molecule has 0 spiro atoms. The third-order valence-electron chi connectivity index (χ3n) is 7.28. The Hall–Kier alpha value is -4.15. The largest absolute Gasteiger partial charge is 0.364 e. The Kier molecular flexibility index (Phi) is 6.92. The molecule has 1 atom stereocenters. The highest BCUT2D eigenvalue weighted by atomic mass is 19.1. The zero-order valence-electron chi connectivity index (χ0n) is 21.8. The van der Waals surface area contributed by atoms with Gasteiger partial charge in [0.25, 0.3) is 11.8 Å². The lowest BCUT2D eigenvalue weighted by Crippen LogP contribution is -2.36. The van der Waals surface area contributed by atoms with Crippen molar-refractivity contribution in [2.24, 2.45) is 11.8 Å². The number of fused-ring (bicyclic) bond motifs is 1. The number of carbonyl (C=O) groups excluding carboxylic acids is 2. The van der Waals surface area contributed by atoms with Crippen molar-refractivity contribution in [3.8, 4) is 11.3 Å². The van der Waals surface area contributed by atoms with Gasteiger partial charge in [-0.05, 0) is 43.7 Å². The standard InChI is InChI=1S/C27H30FN7O3/c1-14-5-7-16(8-6-14)21(33-26(36)18-13-38-34-15(18)2)25-31-19-10-9-17(20(28)23(19)32-25)22-24(27(37)35(3)4)30-12-11-29-22/h9-14,16,21H,5-8H2,1-4H3,(H,31,32)(H,33,36). The van der Waals surface area contributed by atoms with Crippen molar-refractivity contribution < 1.29 is 18.5 Å². The summed E-state index contributed by atoms with van der Waals surface area (Å²) in [6.45, 7) is 3.93. The Morgan fingerprint density at radius 2 is 1.89 bits per heavy atom. The highest BCUT2D eigenvalue weighted by molar-refractivity contribution is 5.98. The van der Waals surface area contributed by atoms with E-state index >= 15 is 4.39 Å². The molecule has 1 fully saturated rings. The molecule has 1 unspecified atom stereocenters. The van der Waals surface area contributed by atoms with Gasteiger partial charge in [0.2, 0.25) is 0 Å². The fourth-order valence-corrected chi connectivity index (χ4v) is 5.05. The quantitative estimate of drug-likeness (QED) is 0.385. The highest BCUT2D eigenvalue weighted by Gasteiger charge is 2.32. The van der Waals surface area contributed by atoms with Crippen molar-refractivity contribution >= 4 is 22.8 Å². The lowest BCUT2D eigenvalue weighted by Gasteiger charge is -2.32. The van der Waals surface area contributed by atoms with Gasteiger partial charge in [-0.25, -0.2) is 14.4 Å². The molecule has 10 nitrogen and oxygen atoms in total. The summed E-state index contributed by atoms with van der Waals surface area (Å²) in [5, 5.41) is 6.91. The summed E-state index contributed by atoms with van der Waals surface area (Å²) in [7, 11) is 3.20. The number of benzene rings is 1. The van der Waals surface area contributed by atoms with Crippen molar-refractivity contribution in [1.29, 1.82) is 0 Å². The van der Waals surface area contributed by atoms with E-state index in [-0.39, 0.29) is 40.2 Å². The van der Waals surface area contributed by atoms with Crippen LogP contribution in [0.2, 0.25) is 0 Å². The summed E-state index contributed by atoms with van der Waals surface area (Å²) in [6, 6.07) is 2.81. The van der Waals surface area contributed by atoms with Crippen LogP contribution >= 0.6 is 0 Å². The molecule has 1 aromatic carbocycles. The summed E-state index contributed by atoms with van der Waals surface area (Å²) in [4.78, 5) is 43.4. The van der Waals surface area contributed by atoms with E-state index in [2.05, 4.69) is 37.3 Å². The third-order valence-corrected chi connectivity index (χ3v) is 7.28. The van der Waals surface area contributed by atoms with Gasteiger partial charge in [0.15, 0.2) is 11.5 Å². The SMILES string of the molecule is Cc1nocc1C(=O)NC(c1nc2c(F)c(-c3nccnc3C(=O)N(C)C)ccc2[nH]1)C1CCC(C)CC1. The van der Waals surface area contributed by atoms with Crippen LogP contribution in [-0.2, 0) is 0 Å². The number of nitrogens with one attached hydrogen (secondary N) is 2. The lowest BCUT2D eigenvalue weighted by molar-refractivity contribution is 0.0821. The topological polar surface area (TPSA) is 130 Å². The summed E-state index contributed by atoms with van der Waals surface area (Å²) in [6.07, 6.45) is 8.05. The Morgan fingerprint density at radius 1 is 1.16 bits per heavy atom. The van der Waals surface area contributed by atoms with E-state index in [4.69, 9.17) is 4.52 Å². The minimum atomic E-state index is -0.615. The van der Waals surface area contributed by atoms with E-state index < -0.39 is 11.9 Å². The highest BCUT2D eigenvalue weighted by Crippen LogP contribution is 2.37. The van der Waals surface area contributed by atoms with E-state index in [0.29, 0.717) is 28.5 Å². The van der Waals surface area contributed by atoms with Gasteiger partial charge >= 0.3 is 0 Å². The Bertz CT molecular complexity index is 1490. The number of rotatable bonds is 6. The molecule has 5 rings (SSSR count). The fraction of sp³-hybridized carbons (Fsp3) is 0.407. The van der Waals surface area contributed by atoms with Crippen LogP contribution in [-0.4, -0.2) is 55.9 Å². The Morgan fingerprint density at radius 3 is 2.58 bits per heavy atom. The third kappa shape index (κ3) is 4.75. The molecule has 0 radical (unpaired) electrons. The van der Waals surface area contributed by atoms with E-state index in [0.717, 1.165) is 25.7 Å². The van der Waals surface area contributed by atoms with Gasteiger partial charge in [0, 0.05) is 32.1 Å². The predicted molar refractivity (Wildman–Crippen MR) is 138 cm³/mol.